The summed E-state index contributed by atoms with van der Waals surface area (Å²) in [5.41, 5.74) is 2.67. The summed E-state index contributed by atoms with van der Waals surface area (Å²) < 4.78 is 0. The van der Waals surface area contributed by atoms with E-state index >= 15 is 0 Å². The Bertz CT molecular complexity index is 442. The second-order valence-electron chi connectivity index (χ2n) is 5.15. The van der Waals surface area contributed by atoms with Crippen molar-refractivity contribution in [3.8, 4) is 0 Å². The monoisotopic (exact) mass is 287 g/mol. The van der Waals surface area contributed by atoms with E-state index in [4.69, 9.17) is 11.6 Å². The van der Waals surface area contributed by atoms with Crippen LogP contribution in [0.25, 0.3) is 0 Å². The lowest BCUT2D eigenvalue weighted by atomic mass is 10.1. The highest BCUT2D eigenvalue weighted by atomic mass is 35.5. The highest BCUT2D eigenvalue weighted by Gasteiger charge is 2.11. The van der Waals surface area contributed by atoms with Crippen molar-refractivity contribution in [3.05, 3.63) is 71.8 Å². The van der Waals surface area contributed by atoms with Crippen molar-refractivity contribution < 1.29 is 0 Å². The molecule has 0 saturated heterocycles. The molecule has 0 aliphatic rings. The van der Waals surface area contributed by atoms with Gasteiger partial charge in [-0.25, -0.2) is 0 Å². The van der Waals surface area contributed by atoms with Crippen LogP contribution in [-0.4, -0.2) is 16.8 Å². The Morgan fingerprint density at radius 2 is 1.30 bits per heavy atom. The third-order valence-corrected chi connectivity index (χ3v) is 3.84. The highest BCUT2D eigenvalue weighted by Crippen LogP contribution is 2.13. The first-order chi connectivity index (χ1) is 9.78. The van der Waals surface area contributed by atoms with Gasteiger partial charge in [0, 0.05) is 25.0 Å². The van der Waals surface area contributed by atoms with Crippen molar-refractivity contribution in [2.24, 2.45) is 0 Å². The molecule has 0 saturated carbocycles. The first-order valence-corrected chi connectivity index (χ1v) is 7.66. The van der Waals surface area contributed by atoms with E-state index < -0.39 is 0 Å². The maximum Gasteiger partial charge on any atom is 0.0460 e. The van der Waals surface area contributed by atoms with Crippen LogP contribution >= 0.6 is 11.6 Å². The lowest BCUT2D eigenvalue weighted by Crippen LogP contribution is -2.29. The molecule has 0 aliphatic heterocycles. The summed E-state index contributed by atoms with van der Waals surface area (Å²) in [5.74, 6) is 0. The smallest absolute Gasteiger partial charge is 0.0460 e. The van der Waals surface area contributed by atoms with E-state index in [1.807, 2.05) is 0 Å². The summed E-state index contributed by atoms with van der Waals surface area (Å²) in [6, 6.07) is 21.2. The molecule has 0 bridgehead atoms. The second-order valence-corrected chi connectivity index (χ2v) is 5.76. The summed E-state index contributed by atoms with van der Waals surface area (Å²) in [6.07, 6.45) is 1.00. The van der Waals surface area contributed by atoms with Crippen LogP contribution in [0.15, 0.2) is 60.7 Å². The molecule has 0 spiro atoms. The van der Waals surface area contributed by atoms with Gasteiger partial charge in [0.05, 0.1) is 0 Å². The van der Waals surface area contributed by atoms with Crippen LogP contribution in [0.3, 0.4) is 0 Å². The minimum absolute atomic E-state index is 0.211. The van der Waals surface area contributed by atoms with E-state index in [1.165, 1.54) is 11.1 Å². The SMILES string of the molecule is CCC(Cl)CN(Cc1ccccc1)Cc1ccccc1. The van der Waals surface area contributed by atoms with Gasteiger partial charge in [-0.1, -0.05) is 67.6 Å². The van der Waals surface area contributed by atoms with E-state index in [2.05, 4.69) is 72.5 Å². The molecule has 0 amide bonds. The summed E-state index contributed by atoms with van der Waals surface area (Å²) in [4.78, 5) is 2.42. The largest absolute Gasteiger partial charge is 0.293 e. The van der Waals surface area contributed by atoms with Gasteiger partial charge in [0.15, 0.2) is 0 Å². The third kappa shape index (κ3) is 4.99. The molecule has 1 nitrogen and oxygen atoms in total. The van der Waals surface area contributed by atoms with Gasteiger partial charge in [0.2, 0.25) is 0 Å². The minimum atomic E-state index is 0.211. The molecule has 106 valence electrons. The van der Waals surface area contributed by atoms with Crippen molar-refractivity contribution in [2.45, 2.75) is 31.8 Å². The molecule has 0 radical (unpaired) electrons. The van der Waals surface area contributed by atoms with E-state index in [-0.39, 0.29) is 5.38 Å². The van der Waals surface area contributed by atoms with Crippen molar-refractivity contribution in [1.82, 2.24) is 4.90 Å². The van der Waals surface area contributed by atoms with Crippen LogP contribution in [0.5, 0.6) is 0 Å². The van der Waals surface area contributed by atoms with E-state index in [9.17, 15) is 0 Å². The molecule has 1 unspecified atom stereocenters. The van der Waals surface area contributed by atoms with E-state index in [1.54, 1.807) is 0 Å². The Morgan fingerprint density at radius 1 is 0.850 bits per heavy atom. The van der Waals surface area contributed by atoms with Gasteiger partial charge in [-0.05, 0) is 17.5 Å². The summed E-state index contributed by atoms with van der Waals surface area (Å²) in [7, 11) is 0. The van der Waals surface area contributed by atoms with Gasteiger partial charge in [-0.15, -0.1) is 11.6 Å². The number of benzene rings is 2. The van der Waals surface area contributed by atoms with Gasteiger partial charge in [-0.2, -0.15) is 0 Å². The molecular weight excluding hydrogens is 266 g/mol. The van der Waals surface area contributed by atoms with Crippen molar-refractivity contribution in [3.63, 3.8) is 0 Å². The second kappa shape index (κ2) is 8.08. The molecule has 2 heteroatoms. The maximum absolute atomic E-state index is 6.35. The average Bonchev–Trinajstić information content (AvgIpc) is 2.49. The van der Waals surface area contributed by atoms with Gasteiger partial charge < -0.3 is 0 Å². The first kappa shape index (κ1) is 15.1. The van der Waals surface area contributed by atoms with Crippen LogP contribution < -0.4 is 0 Å². The molecule has 1 atom stereocenters. The van der Waals surface area contributed by atoms with E-state index in [0.717, 1.165) is 26.1 Å². The van der Waals surface area contributed by atoms with Crippen LogP contribution in [0.2, 0.25) is 0 Å². The highest BCUT2D eigenvalue weighted by molar-refractivity contribution is 6.20. The van der Waals surface area contributed by atoms with Crippen LogP contribution in [0, 0.1) is 0 Å². The van der Waals surface area contributed by atoms with Crippen molar-refractivity contribution in [1.29, 1.82) is 0 Å². The Labute approximate surface area is 127 Å². The Balaban J connectivity index is 2.04. The Morgan fingerprint density at radius 3 is 1.70 bits per heavy atom. The Hall–Kier alpha value is -1.31. The molecule has 2 aromatic rings. The van der Waals surface area contributed by atoms with Crippen LogP contribution in [-0.2, 0) is 13.1 Å². The summed E-state index contributed by atoms with van der Waals surface area (Å²) in [5, 5.41) is 0.211. The zero-order valence-corrected chi connectivity index (χ0v) is 12.8. The molecule has 2 aromatic carbocycles. The molecule has 0 N–H and O–H groups in total. The van der Waals surface area contributed by atoms with Gasteiger partial charge >= 0.3 is 0 Å². The fourth-order valence-electron chi connectivity index (χ4n) is 2.28. The molecule has 0 aliphatic carbocycles. The van der Waals surface area contributed by atoms with Gasteiger partial charge in [0.25, 0.3) is 0 Å². The molecule has 0 aromatic heterocycles. The Kier molecular flexibility index (Phi) is 6.10. The first-order valence-electron chi connectivity index (χ1n) is 7.22. The molecule has 0 fully saturated rings. The lowest BCUT2D eigenvalue weighted by molar-refractivity contribution is 0.255. The number of rotatable bonds is 7. The topological polar surface area (TPSA) is 3.24 Å². The summed E-state index contributed by atoms with van der Waals surface area (Å²) in [6.45, 7) is 4.95. The van der Waals surface area contributed by atoms with Crippen LogP contribution in [0.4, 0.5) is 0 Å². The number of hydrogen-bond acceptors (Lipinski definition) is 1. The number of alkyl halides is 1. The number of nitrogens with zero attached hydrogens (tertiary/aromatic N) is 1. The number of halogens is 1. The maximum atomic E-state index is 6.35. The van der Waals surface area contributed by atoms with Gasteiger partial charge in [-0.3, -0.25) is 4.90 Å². The number of hydrogen-bond donors (Lipinski definition) is 0. The fraction of sp³-hybridized carbons (Fsp3) is 0.333. The molecule has 20 heavy (non-hydrogen) atoms. The normalized spacial score (nSPS) is 12.6. The minimum Gasteiger partial charge on any atom is -0.293 e. The standard InChI is InChI=1S/C18H22ClN/c1-2-18(19)15-20(13-16-9-5-3-6-10-16)14-17-11-7-4-8-12-17/h3-12,18H,2,13-15H2,1H3. The third-order valence-electron chi connectivity index (χ3n) is 3.40. The van der Waals surface area contributed by atoms with Gasteiger partial charge in [0.1, 0.15) is 0 Å². The lowest BCUT2D eigenvalue weighted by Gasteiger charge is -2.24. The predicted octanol–water partition coefficient (Wildman–Crippen LogP) is 4.71. The quantitative estimate of drug-likeness (QED) is 0.667. The zero-order valence-electron chi connectivity index (χ0n) is 12.0. The molecule has 0 heterocycles. The predicted molar refractivity (Wildman–Crippen MR) is 86.9 cm³/mol. The fourth-order valence-corrected chi connectivity index (χ4v) is 2.47. The zero-order chi connectivity index (χ0) is 14.2. The molecular formula is C18H22ClN. The van der Waals surface area contributed by atoms with Crippen LogP contribution in [0.1, 0.15) is 24.5 Å². The van der Waals surface area contributed by atoms with Crippen molar-refractivity contribution in [2.75, 3.05) is 6.54 Å². The average molecular weight is 288 g/mol. The summed E-state index contributed by atoms with van der Waals surface area (Å²) >= 11 is 6.35. The van der Waals surface area contributed by atoms with Crippen molar-refractivity contribution >= 4 is 11.6 Å². The molecule has 2 rings (SSSR count). The van der Waals surface area contributed by atoms with E-state index in [0.29, 0.717) is 0 Å².